The highest BCUT2D eigenvalue weighted by atomic mass is 19.1. The number of hydrogen-bond donors (Lipinski definition) is 0. The first-order valence-electron chi connectivity index (χ1n) is 3.82. The number of nitrogens with zero attached hydrogens (tertiary/aromatic N) is 2. The Balaban J connectivity index is 2.46. The van der Waals surface area contributed by atoms with Crippen molar-refractivity contribution in [1.29, 1.82) is 0 Å². The lowest BCUT2D eigenvalue weighted by atomic mass is 10.2. The van der Waals surface area contributed by atoms with Crippen molar-refractivity contribution in [2.24, 2.45) is 0 Å². The summed E-state index contributed by atoms with van der Waals surface area (Å²) < 4.78 is 17.5. The summed E-state index contributed by atoms with van der Waals surface area (Å²) in [7, 11) is 0. The predicted octanol–water partition coefficient (Wildman–Crippen LogP) is 2.18. The maximum Gasteiger partial charge on any atom is 0.223 e. The van der Waals surface area contributed by atoms with E-state index in [-0.39, 0.29) is 5.82 Å². The van der Waals surface area contributed by atoms with Gasteiger partial charge in [0.1, 0.15) is 5.82 Å². The zero-order valence-corrected chi connectivity index (χ0v) is 6.99. The van der Waals surface area contributed by atoms with Crippen LogP contribution in [0, 0.1) is 12.7 Å². The van der Waals surface area contributed by atoms with E-state index in [1.54, 1.807) is 19.1 Å². The number of benzene rings is 1. The van der Waals surface area contributed by atoms with Crippen LogP contribution in [0.2, 0.25) is 0 Å². The third-order valence-corrected chi connectivity index (χ3v) is 1.61. The first-order chi connectivity index (χ1) is 6.25. The monoisotopic (exact) mass is 178 g/mol. The fourth-order valence-corrected chi connectivity index (χ4v) is 1.04. The summed E-state index contributed by atoms with van der Waals surface area (Å²) in [6.07, 6.45) is 0. The van der Waals surface area contributed by atoms with Gasteiger partial charge in [-0.1, -0.05) is 17.3 Å². The molecule has 0 aliphatic rings. The Kier molecular flexibility index (Phi) is 1.81. The molecule has 1 aromatic heterocycles. The Bertz CT molecular complexity index is 425. The summed E-state index contributed by atoms with van der Waals surface area (Å²) >= 11 is 0. The van der Waals surface area contributed by atoms with Gasteiger partial charge in [-0.3, -0.25) is 0 Å². The molecule has 1 aromatic carbocycles. The summed E-state index contributed by atoms with van der Waals surface area (Å²) in [6.45, 7) is 1.69. The Labute approximate surface area is 74.2 Å². The molecule has 3 nitrogen and oxygen atoms in total. The van der Waals surface area contributed by atoms with Crippen molar-refractivity contribution in [2.75, 3.05) is 0 Å². The normalized spacial score (nSPS) is 10.3. The van der Waals surface area contributed by atoms with Gasteiger partial charge in [-0.2, -0.15) is 4.98 Å². The molecule has 2 aromatic rings. The van der Waals surface area contributed by atoms with E-state index in [2.05, 4.69) is 10.1 Å². The van der Waals surface area contributed by atoms with Crippen molar-refractivity contribution in [2.45, 2.75) is 6.92 Å². The van der Waals surface area contributed by atoms with Crippen molar-refractivity contribution >= 4 is 0 Å². The topological polar surface area (TPSA) is 38.9 Å². The fraction of sp³-hybridized carbons (Fsp3) is 0.111. The quantitative estimate of drug-likeness (QED) is 0.671. The minimum absolute atomic E-state index is 0.306. The van der Waals surface area contributed by atoms with Crippen molar-refractivity contribution in [3.05, 3.63) is 36.0 Å². The minimum atomic E-state index is -0.306. The van der Waals surface area contributed by atoms with E-state index in [1.807, 2.05) is 0 Å². The highest BCUT2D eigenvalue weighted by Gasteiger charge is 2.05. The van der Waals surface area contributed by atoms with E-state index < -0.39 is 0 Å². The molecule has 0 fully saturated rings. The van der Waals surface area contributed by atoms with Gasteiger partial charge in [0.15, 0.2) is 0 Å². The predicted molar refractivity (Wildman–Crippen MR) is 44.4 cm³/mol. The van der Waals surface area contributed by atoms with Crippen LogP contribution in [0.15, 0.2) is 28.8 Å². The molecule has 66 valence electrons. The average molecular weight is 178 g/mol. The molecule has 0 saturated carbocycles. The summed E-state index contributed by atoms with van der Waals surface area (Å²) in [5, 5.41) is 3.67. The Morgan fingerprint density at radius 2 is 2.23 bits per heavy atom. The SMILES string of the molecule is Cc1nc(-c2cccc(F)c2)no1. The van der Waals surface area contributed by atoms with Crippen LogP contribution >= 0.6 is 0 Å². The van der Waals surface area contributed by atoms with Crippen LogP contribution in [0.3, 0.4) is 0 Å². The van der Waals surface area contributed by atoms with E-state index >= 15 is 0 Å². The van der Waals surface area contributed by atoms with E-state index in [1.165, 1.54) is 12.1 Å². The first-order valence-corrected chi connectivity index (χ1v) is 3.82. The fourth-order valence-electron chi connectivity index (χ4n) is 1.04. The molecule has 0 amide bonds. The van der Waals surface area contributed by atoms with Gasteiger partial charge in [-0.05, 0) is 12.1 Å². The third kappa shape index (κ3) is 1.56. The van der Waals surface area contributed by atoms with Crippen molar-refractivity contribution in [3.63, 3.8) is 0 Å². The van der Waals surface area contributed by atoms with Crippen LogP contribution < -0.4 is 0 Å². The molecule has 2 rings (SSSR count). The van der Waals surface area contributed by atoms with Crippen LogP contribution in [-0.2, 0) is 0 Å². The lowest BCUT2D eigenvalue weighted by Crippen LogP contribution is -1.81. The number of hydrogen-bond acceptors (Lipinski definition) is 3. The van der Waals surface area contributed by atoms with E-state index in [4.69, 9.17) is 4.52 Å². The molecule has 0 atom stereocenters. The smallest absolute Gasteiger partial charge is 0.223 e. The maximum atomic E-state index is 12.8. The van der Waals surface area contributed by atoms with Gasteiger partial charge in [0, 0.05) is 12.5 Å². The van der Waals surface area contributed by atoms with Gasteiger partial charge >= 0.3 is 0 Å². The molecule has 13 heavy (non-hydrogen) atoms. The van der Waals surface area contributed by atoms with Gasteiger partial charge in [-0.15, -0.1) is 0 Å². The van der Waals surface area contributed by atoms with Gasteiger partial charge in [0.25, 0.3) is 0 Å². The van der Waals surface area contributed by atoms with Crippen LogP contribution in [0.5, 0.6) is 0 Å². The van der Waals surface area contributed by atoms with Crippen molar-refractivity contribution in [1.82, 2.24) is 10.1 Å². The highest BCUT2D eigenvalue weighted by molar-refractivity contribution is 5.53. The lowest BCUT2D eigenvalue weighted by molar-refractivity contribution is 0.394. The number of rotatable bonds is 1. The third-order valence-electron chi connectivity index (χ3n) is 1.61. The van der Waals surface area contributed by atoms with E-state index in [9.17, 15) is 4.39 Å². The van der Waals surface area contributed by atoms with Crippen molar-refractivity contribution < 1.29 is 8.91 Å². The molecule has 0 saturated heterocycles. The van der Waals surface area contributed by atoms with Gasteiger partial charge < -0.3 is 4.52 Å². The minimum Gasteiger partial charge on any atom is -0.339 e. The molecule has 0 unspecified atom stereocenters. The standard InChI is InChI=1S/C9H7FN2O/c1-6-11-9(12-13-6)7-3-2-4-8(10)5-7/h2-5H,1H3. The maximum absolute atomic E-state index is 12.8. The van der Waals surface area contributed by atoms with Gasteiger partial charge in [-0.25, -0.2) is 4.39 Å². The molecule has 1 heterocycles. The zero-order valence-electron chi connectivity index (χ0n) is 6.99. The molecule has 0 aliphatic heterocycles. The second-order valence-electron chi connectivity index (χ2n) is 2.65. The average Bonchev–Trinajstić information content (AvgIpc) is 2.52. The molecule has 0 bridgehead atoms. The van der Waals surface area contributed by atoms with E-state index in [0.29, 0.717) is 17.3 Å². The Hall–Kier alpha value is -1.71. The molecule has 0 aliphatic carbocycles. The summed E-state index contributed by atoms with van der Waals surface area (Å²) in [5.41, 5.74) is 0.622. The molecule has 0 radical (unpaired) electrons. The first kappa shape index (κ1) is 7.91. The summed E-state index contributed by atoms with van der Waals surface area (Å²) in [5.74, 6) is 0.580. The second-order valence-corrected chi connectivity index (χ2v) is 2.65. The second kappa shape index (κ2) is 2.97. The zero-order chi connectivity index (χ0) is 9.26. The number of aromatic nitrogens is 2. The molecular formula is C9H7FN2O. The van der Waals surface area contributed by atoms with Gasteiger partial charge in [0.2, 0.25) is 11.7 Å². The highest BCUT2D eigenvalue weighted by Crippen LogP contribution is 2.15. The van der Waals surface area contributed by atoms with Crippen LogP contribution in [0.4, 0.5) is 4.39 Å². The Morgan fingerprint density at radius 1 is 1.38 bits per heavy atom. The molecule has 4 heteroatoms. The molecule has 0 spiro atoms. The largest absolute Gasteiger partial charge is 0.339 e. The van der Waals surface area contributed by atoms with Crippen LogP contribution in [0.1, 0.15) is 5.89 Å². The number of aryl methyl sites for hydroxylation is 1. The molecular weight excluding hydrogens is 171 g/mol. The van der Waals surface area contributed by atoms with Crippen LogP contribution in [-0.4, -0.2) is 10.1 Å². The lowest BCUT2D eigenvalue weighted by Gasteiger charge is -1.92. The summed E-state index contributed by atoms with van der Waals surface area (Å²) in [4.78, 5) is 3.98. The van der Waals surface area contributed by atoms with Crippen molar-refractivity contribution in [3.8, 4) is 11.4 Å². The van der Waals surface area contributed by atoms with Gasteiger partial charge in [0.05, 0.1) is 0 Å². The summed E-state index contributed by atoms with van der Waals surface area (Å²) in [6, 6.07) is 6.07. The van der Waals surface area contributed by atoms with Crippen LogP contribution in [0.25, 0.3) is 11.4 Å². The Morgan fingerprint density at radius 3 is 2.85 bits per heavy atom. The van der Waals surface area contributed by atoms with E-state index in [0.717, 1.165) is 0 Å². The molecule has 0 N–H and O–H groups in total. The number of halogens is 1.